The van der Waals surface area contributed by atoms with Crippen LogP contribution in [0.15, 0.2) is 24.3 Å². The van der Waals surface area contributed by atoms with Gasteiger partial charge in [-0.15, -0.1) is 0 Å². The number of carboxylic acid groups (broad SMARTS) is 1. The van der Waals surface area contributed by atoms with Gasteiger partial charge in [0.2, 0.25) is 0 Å². The van der Waals surface area contributed by atoms with Crippen LogP contribution in [-0.4, -0.2) is 55.4 Å². The van der Waals surface area contributed by atoms with E-state index in [4.69, 9.17) is 9.47 Å². The van der Waals surface area contributed by atoms with E-state index in [9.17, 15) is 15.0 Å². The Balaban J connectivity index is 0.00000441. The minimum atomic E-state index is -1.14. The number of nitrogens with zero attached hydrogens (tertiary/aromatic N) is 1. The summed E-state index contributed by atoms with van der Waals surface area (Å²) in [6, 6.07) is 6.41. The van der Waals surface area contributed by atoms with E-state index in [1.807, 2.05) is 6.07 Å². The molecule has 0 aliphatic rings. The van der Waals surface area contributed by atoms with Gasteiger partial charge in [0.1, 0.15) is 12.7 Å². The van der Waals surface area contributed by atoms with Crippen molar-refractivity contribution in [2.24, 2.45) is 0 Å². The molecule has 0 radical (unpaired) electrons. The Morgan fingerprint density at radius 1 is 1.36 bits per heavy atom. The first-order valence-electron chi connectivity index (χ1n) is 6.84. The minimum Gasteiger partial charge on any atom is -0.548 e. The maximum Gasteiger partial charge on any atom is 1.00 e. The van der Waals surface area contributed by atoms with Gasteiger partial charge >= 0.3 is 51.4 Å². The zero-order valence-corrected chi connectivity index (χ0v) is 16.7. The number of carbonyl (C=O) groups excluding carboxylic acids is 1. The summed E-state index contributed by atoms with van der Waals surface area (Å²) in [5.74, 6) is -0.0225. The minimum absolute atomic E-state index is 0. The molecule has 1 unspecified atom stereocenters. The molecule has 6 nitrogen and oxygen atoms in total. The van der Waals surface area contributed by atoms with Crippen LogP contribution >= 0.6 is 0 Å². The van der Waals surface area contributed by atoms with Crippen molar-refractivity contribution in [1.82, 2.24) is 4.90 Å². The largest absolute Gasteiger partial charge is 1.00 e. The Hall–Kier alpha value is -0.154. The fraction of sp³-hybridized carbons (Fsp3) is 0.533. The predicted molar refractivity (Wildman–Crippen MR) is 76.2 cm³/mol. The Bertz CT molecular complexity index is 457. The van der Waals surface area contributed by atoms with Crippen LogP contribution in [0, 0.1) is 0 Å². The van der Waals surface area contributed by atoms with Gasteiger partial charge in [-0.1, -0.05) is 19.1 Å². The van der Waals surface area contributed by atoms with Crippen molar-refractivity contribution < 1.29 is 75.9 Å². The summed E-state index contributed by atoms with van der Waals surface area (Å²) in [6.45, 7) is 1.99. The van der Waals surface area contributed by atoms with Gasteiger partial charge in [0.15, 0.2) is 11.5 Å². The number of aliphatic hydroxyl groups excluding tert-OH is 1. The Morgan fingerprint density at radius 3 is 2.45 bits per heavy atom. The van der Waals surface area contributed by atoms with Crippen molar-refractivity contribution in [1.29, 1.82) is 0 Å². The quantitative estimate of drug-likeness (QED) is 0.482. The number of ether oxygens (including phenoxy) is 2. The number of hydrogen-bond donors (Lipinski definition) is 1. The van der Waals surface area contributed by atoms with E-state index >= 15 is 0 Å². The molecule has 7 heteroatoms. The molecule has 0 aromatic heterocycles. The van der Waals surface area contributed by atoms with E-state index in [0.29, 0.717) is 17.9 Å². The van der Waals surface area contributed by atoms with Crippen LogP contribution in [0.25, 0.3) is 0 Å². The predicted octanol–water partition coefficient (Wildman–Crippen LogP) is -3.10. The molecule has 118 valence electrons. The summed E-state index contributed by atoms with van der Waals surface area (Å²) in [4.78, 5) is 12.5. The number of carbonyl (C=O) groups is 1. The number of para-hydroxylation sites is 2. The van der Waals surface area contributed by atoms with E-state index in [-0.39, 0.29) is 64.5 Å². The molecule has 0 heterocycles. The molecule has 0 saturated carbocycles. The van der Waals surface area contributed by atoms with E-state index in [1.165, 1.54) is 7.11 Å². The van der Waals surface area contributed by atoms with Crippen molar-refractivity contribution in [3.8, 4) is 11.5 Å². The first-order valence-corrected chi connectivity index (χ1v) is 6.84. The molecule has 0 amide bonds. The molecule has 0 fully saturated rings. The standard InChI is InChI=1S/C15H23NO5.K/c1-4-12(15(18)19)16(2)9-11(17)10-21-14-8-6-5-7-13(14)20-3;/h5-8,11-12,17H,4,9-10H2,1-3H3,(H,18,19);/q;+1/p-1/t11?,12-;/m1./s1. The third-order valence-corrected chi connectivity index (χ3v) is 3.19. The molecule has 2 atom stereocenters. The van der Waals surface area contributed by atoms with Crippen LogP contribution < -0.4 is 66.0 Å². The summed E-state index contributed by atoms with van der Waals surface area (Å²) in [6.07, 6.45) is -0.396. The monoisotopic (exact) mass is 335 g/mol. The molecule has 1 aromatic rings. The van der Waals surface area contributed by atoms with Crippen LogP contribution in [0.4, 0.5) is 0 Å². The first kappa shape index (κ1) is 21.8. The number of benzene rings is 1. The summed E-state index contributed by atoms with van der Waals surface area (Å²) >= 11 is 0. The second-order valence-electron chi connectivity index (χ2n) is 4.80. The van der Waals surface area contributed by atoms with Gasteiger partial charge < -0.3 is 24.5 Å². The summed E-state index contributed by atoms with van der Waals surface area (Å²) < 4.78 is 10.6. The molecule has 22 heavy (non-hydrogen) atoms. The van der Waals surface area contributed by atoms with E-state index in [2.05, 4.69) is 0 Å². The van der Waals surface area contributed by atoms with Gasteiger partial charge in [-0.2, -0.15) is 0 Å². The smallest absolute Gasteiger partial charge is 0.548 e. The topological polar surface area (TPSA) is 82.1 Å². The first-order chi connectivity index (χ1) is 9.99. The number of hydrogen-bond acceptors (Lipinski definition) is 6. The van der Waals surface area contributed by atoms with Gasteiger partial charge in [-0.25, -0.2) is 0 Å². The molecule has 0 spiro atoms. The zero-order chi connectivity index (χ0) is 15.8. The van der Waals surface area contributed by atoms with Crippen molar-refractivity contribution in [3.63, 3.8) is 0 Å². The molecule has 1 N–H and O–H groups in total. The molecule has 0 aliphatic carbocycles. The fourth-order valence-electron chi connectivity index (χ4n) is 2.09. The number of rotatable bonds is 9. The average Bonchev–Trinajstić information content (AvgIpc) is 2.45. The summed E-state index contributed by atoms with van der Waals surface area (Å²) in [5, 5.41) is 20.9. The van der Waals surface area contributed by atoms with Crippen molar-refractivity contribution in [2.45, 2.75) is 25.5 Å². The van der Waals surface area contributed by atoms with Crippen LogP contribution in [-0.2, 0) is 4.79 Å². The van der Waals surface area contributed by atoms with Gasteiger partial charge in [-0.05, 0) is 25.6 Å². The van der Waals surface area contributed by atoms with Crippen molar-refractivity contribution in [3.05, 3.63) is 24.3 Å². The Morgan fingerprint density at radius 2 is 1.95 bits per heavy atom. The molecule has 0 aliphatic heterocycles. The number of likely N-dealkylation sites (N-methyl/N-ethyl adjacent to an activating group) is 1. The molecule has 0 saturated heterocycles. The molecule has 1 aromatic carbocycles. The fourth-order valence-corrected chi connectivity index (χ4v) is 2.09. The Labute approximate surface area is 173 Å². The molecular formula is C15H22KNO5. The van der Waals surface area contributed by atoms with Crippen molar-refractivity contribution >= 4 is 5.97 Å². The maximum atomic E-state index is 10.9. The van der Waals surface area contributed by atoms with E-state index < -0.39 is 18.1 Å². The van der Waals surface area contributed by atoms with Crippen LogP contribution in [0.1, 0.15) is 13.3 Å². The SMILES string of the molecule is CC[C@H](C(=O)[O-])N(C)CC(O)COc1ccccc1OC.[K+]. The second-order valence-corrected chi connectivity index (χ2v) is 4.80. The van der Waals surface area contributed by atoms with E-state index in [1.54, 1.807) is 37.1 Å². The number of carboxylic acids is 1. The van der Waals surface area contributed by atoms with Gasteiger partial charge in [0.25, 0.3) is 0 Å². The maximum absolute atomic E-state index is 10.9. The van der Waals surface area contributed by atoms with E-state index in [0.717, 1.165) is 0 Å². The van der Waals surface area contributed by atoms with Gasteiger partial charge in [0, 0.05) is 12.6 Å². The zero-order valence-electron chi connectivity index (χ0n) is 13.6. The van der Waals surface area contributed by atoms with Crippen LogP contribution in [0.2, 0.25) is 0 Å². The Kier molecular flexibility index (Phi) is 11.3. The van der Waals surface area contributed by atoms with Gasteiger partial charge in [-0.3, -0.25) is 4.90 Å². The van der Waals surface area contributed by atoms with Crippen LogP contribution in [0.3, 0.4) is 0 Å². The number of aliphatic carboxylic acids is 1. The third kappa shape index (κ3) is 6.95. The van der Waals surface area contributed by atoms with Gasteiger partial charge in [0.05, 0.1) is 13.1 Å². The van der Waals surface area contributed by atoms with Crippen LogP contribution in [0.5, 0.6) is 11.5 Å². The average molecular weight is 335 g/mol. The third-order valence-electron chi connectivity index (χ3n) is 3.19. The molecular weight excluding hydrogens is 313 g/mol. The summed E-state index contributed by atoms with van der Waals surface area (Å²) in [7, 11) is 3.17. The molecule has 1 rings (SSSR count). The number of methoxy groups -OCH3 is 1. The molecule has 0 bridgehead atoms. The normalized spacial score (nSPS) is 13.1. The van der Waals surface area contributed by atoms with Crippen molar-refractivity contribution in [2.75, 3.05) is 27.3 Å². The second kappa shape index (κ2) is 11.4. The summed E-state index contributed by atoms with van der Waals surface area (Å²) in [5.41, 5.74) is 0. The number of aliphatic hydroxyl groups is 1.